The summed E-state index contributed by atoms with van der Waals surface area (Å²) in [5, 5.41) is 9.27. The number of aryl methyl sites for hydroxylation is 2. The first kappa shape index (κ1) is 12.0. The van der Waals surface area contributed by atoms with E-state index >= 15 is 0 Å². The van der Waals surface area contributed by atoms with E-state index in [1.165, 1.54) is 0 Å². The number of ether oxygens (including phenoxy) is 1. The number of rotatable bonds is 2. The van der Waals surface area contributed by atoms with Crippen molar-refractivity contribution < 1.29 is 9.84 Å². The van der Waals surface area contributed by atoms with Gasteiger partial charge in [0.15, 0.2) is 0 Å². The molecule has 1 N–H and O–H groups in total. The third-order valence-corrected chi connectivity index (χ3v) is 2.00. The minimum absolute atomic E-state index is 0.0372. The number of aliphatic hydroxyl groups excluding tert-OH is 1. The summed E-state index contributed by atoms with van der Waals surface area (Å²) in [6, 6.07) is 1.95. The molecular weight excluding hydrogens is 190 g/mol. The van der Waals surface area contributed by atoms with E-state index in [9.17, 15) is 5.11 Å². The third-order valence-electron chi connectivity index (χ3n) is 2.00. The fourth-order valence-corrected chi connectivity index (χ4v) is 1.40. The van der Waals surface area contributed by atoms with E-state index in [-0.39, 0.29) is 12.2 Å². The van der Waals surface area contributed by atoms with E-state index in [0.717, 1.165) is 16.8 Å². The molecule has 0 aromatic carbocycles. The summed E-state index contributed by atoms with van der Waals surface area (Å²) in [4.78, 5) is 4.31. The maximum Gasteiger partial charge on any atom is 0.219 e. The first-order valence-corrected chi connectivity index (χ1v) is 5.10. The quantitative estimate of drug-likeness (QED) is 0.813. The molecule has 0 radical (unpaired) electrons. The minimum Gasteiger partial charge on any atom is -0.472 e. The summed E-state index contributed by atoms with van der Waals surface area (Å²) in [5.41, 5.74) is 2.40. The molecule has 0 fully saturated rings. The number of aliphatic hydroxyl groups is 1. The van der Waals surface area contributed by atoms with Gasteiger partial charge in [-0.15, -0.1) is 0 Å². The average molecular weight is 209 g/mol. The summed E-state index contributed by atoms with van der Waals surface area (Å²) in [6.07, 6.45) is 0. The number of hydrogen-bond donors (Lipinski definition) is 1. The molecule has 0 amide bonds. The van der Waals surface area contributed by atoms with Crippen LogP contribution in [0.1, 0.15) is 37.6 Å². The van der Waals surface area contributed by atoms with Gasteiger partial charge in [-0.25, -0.2) is 4.98 Å². The van der Waals surface area contributed by atoms with E-state index in [4.69, 9.17) is 4.74 Å². The normalized spacial score (nSPS) is 11.6. The minimum atomic E-state index is -0.294. The highest BCUT2D eigenvalue weighted by Gasteiger charge is 2.17. The maximum absolute atomic E-state index is 9.27. The molecule has 1 aromatic heterocycles. The van der Waals surface area contributed by atoms with E-state index in [1.807, 2.05) is 40.7 Å². The van der Waals surface area contributed by atoms with Crippen LogP contribution in [-0.4, -0.2) is 15.7 Å². The van der Waals surface area contributed by atoms with Crippen LogP contribution < -0.4 is 4.74 Å². The molecule has 0 aliphatic carbocycles. The van der Waals surface area contributed by atoms with Crippen LogP contribution in [0.3, 0.4) is 0 Å². The van der Waals surface area contributed by atoms with Gasteiger partial charge in [-0.05, 0) is 46.2 Å². The average Bonchev–Trinajstić information content (AvgIpc) is 1.99. The molecule has 84 valence electrons. The highest BCUT2D eigenvalue weighted by Crippen LogP contribution is 2.24. The monoisotopic (exact) mass is 209 g/mol. The van der Waals surface area contributed by atoms with Crippen LogP contribution in [0.4, 0.5) is 0 Å². The fraction of sp³-hybridized carbons (Fsp3) is 0.583. The van der Waals surface area contributed by atoms with Gasteiger partial charge in [0.05, 0.1) is 6.61 Å². The SMILES string of the molecule is Cc1cc(C)c(CO)c(OC(C)(C)C)n1. The first-order valence-electron chi connectivity index (χ1n) is 5.10. The van der Waals surface area contributed by atoms with Gasteiger partial charge in [-0.3, -0.25) is 0 Å². The molecule has 0 saturated carbocycles. The summed E-state index contributed by atoms with van der Waals surface area (Å²) in [6.45, 7) is 9.73. The zero-order valence-corrected chi connectivity index (χ0v) is 10.1. The Morgan fingerprint density at radius 2 is 1.93 bits per heavy atom. The highest BCUT2D eigenvalue weighted by molar-refractivity contribution is 5.35. The maximum atomic E-state index is 9.27. The van der Waals surface area contributed by atoms with Crippen molar-refractivity contribution in [1.29, 1.82) is 0 Å². The Kier molecular flexibility index (Phi) is 3.35. The third kappa shape index (κ3) is 3.20. The Morgan fingerprint density at radius 1 is 1.33 bits per heavy atom. The second-order valence-corrected chi connectivity index (χ2v) is 4.74. The van der Waals surface area contributed by atoms with Crippen molar-refractivity contribution in [3.05, 3.63) is 22.9 Å². The Labute approximate surface area is 91.1 Å². The van der Waals surface area contributed by atoms with Crippen LogP contribution in [-0.2, 0) is 6.61 Å². The molecule has 0 spiro atoms. The van der Waals surface area contributed by atoms with Crippen LogP contribution in [0.25, 0.3) is 0 Å². The van der Waals surface area contributed by atoms with Crippen molar-refractivity contribution in [2.24, 2.45) is 0 Å². The standard InChI is InChI=1S/C12H19NO2/c1-8-6-9(2)13-11(10(8)7-14)15-12(3,4)5/h6,14H,7H2,1-5H3. The molecule has 0 atom stereocenters. The second kappa shape index (κ2) is 4.19. The largest absolute Gasteiger partial charge is 0.472 e. The fourth-order valence-electron chi connectivity index (χ4n) is 1.40. The van der Waals surface area contributed by atoms with Gasteiger partial charge in [0, 0.05) is 11.3 Å². The lowest BCUT2D eigenvalue weighted by Crippen LogP contribution is -2.24. The smallest absolute Gasteiger partial charge is 0.219 e. The summed E-state index contributed by atoms with van der Waals surface area (Å²) in [7, 11) is 0. The molecular formula is C12H19NO2. The molecule has 0 aliphatic heterocycles. The topological polar surface area (TPSA) is 42.4 Å². The van der Waals surface area contributed by atoms with Crippen LogP contribution >= 0.6 is 0 Å². The van der Waals surface area contributed by atoms with Crippen LogP contribution in [0.15, 0.2) is 6.07 Å². The predicted molar refractivity (Wildman–Crippen MR) is 60.0 cm³/mol. The van der Waals surface area contributed by atoms with Crippen molar-refractivity contribution in [3.8, 4) is 5.88 Å². The molecule has 1 heterocycles. The Morgan fingerprint density at radius 3 is 2.40 bits per heavy atom. The molecule has 0 aliphatic rings. The summed E-state index contributed by atoms with van der Waals surface area (Å²) >= 11 is 0. The van der Waals surface area contributed by atoms with Crippen molar-refractivity contribution in [2.75, 3.05) is 0 Å². The zero-order valence-electron chi connectivity index (χ0n) is 10.1. The molecule has 0 bridgehead atoms. The number of aromatic nitrogens is 1. The lowest BCUT2D eigenvalue weighted by Gasteiger charge is -2.22. The summed E-state index contributed by atoms with van der Waals surface area (Å²) in [5.74, 6) is 0.544. The van der Waals surface area contributed by atoms with E-state index in [0.29, 0.717) is 5.88 Å². The molecule has 0 unspecified atom stereocenters. The molecule has 15 heavy (non-hydrogen) atoms. The second-order valence-electron chi connectivity index (χ2n) is 4.74. The Hall–Kier alpha value is -1.09. The predicted octanol–water partition coefficient (Wildman–Crippen LogP) is 2.37. The van der Waals surface area contributed by atoms with Crippen molar-refractivity contribution >= 4 is 0 Å². The van der Waals surface area contributed by atoms with Gasteiger partial charge in [0.1, 0.15) is 5.60 Å². The lowest BCUT2D eigenvalue weighted by atomic mass is 10.1. The van der Waals surface area contributed by atoms with Crippen molar-refractivity contribution in [3.63, 3.8) is 0 Å². The van der Waals surface area contributed by atoms with Gasteiger partial charge in [0.2, 0.25) is 5.88 Å². The highest BCUT2D eigenvalue weighted by atomic mass is 16.5. The number of nitrogens with zero attached hydrogens (tertiary/aromatic N) is 1. The van der Waals surface area contributed by atoms with E-state index in [2.05, 4.69) is 4.98 Å². The van der Waals surface area contributed by atoms with Gasteiger partial charge in [-0.2, -0.15) is 0 Å². The molecule has 3 nitrogen and oxygen atoms in total. The molecule has 0 saturated heterocycles. The molecule has 1 aromatic rings. The Balaban J connectivity index is 3.15. The van der Waals surface area contributed by atoms with E-state index < -0.39 is 0 Å². The van der Waals surface area contributed by atoms with Crippen LogP contribution in [0.5, 0.6) is 5.88 Å². The number of pyridine rings is 1. The lowest BCUT2D eigenvalue weighted by molar-refractivity contribution is 0.119. The first-order chi connectivity index (χ1) is 6.83. The zero-order chi connectivity index (χ0) is 11.6. The number of hydrogen-bond acceptors (Lipinski definition) is 3. The molecule has 3 heteroatoms. The van der Waals surface area contributed by atoms with Gasteiger partial charge in [0.25, 0.3) is 0 Å². The van der Waals surface area contributed by atoms with Gasteiger partial charge in [-0.1, -0.05) is 0 Å². The Bertz CT molecular complexity index is 353. The van der Waals surface area contributed by atoms with Crippen LogP contribution in [0.2, 0.25) is 0 Å². The van der Waals surface area contributed by atoms with Crippen molar-refractivity contribution in [2.45, 2.75) is 46.8 Å². The van der Waals surface area contributed by atoms with Crippen LogP contribution in [0, 0.1) is 13.8 Å². The van der Waals surface area contributed by atoms with Gasteiger partial charge >= 0.3 is 0 Å². The van der Waals surface area contributed by atoms with E-state index in [1.54, 1.807) is 0 Å². The molecule has 1 rings (SSSR count). The van der Waals surface area contributed by atoms with Gasteiger partial charge < -0.3 is 9.84 Å². The summed E-state index contributed by atoms with van der Waals surface area (Å²) < 4.78 is 5.71. The van der Waals surface area contributed by atoms with Crippen molar-refractivity contribution in [1.82, 2.24) is 4.98 Å².